The Labute approximate surface area is 142 Å². The first-order valence-corrected chi connectivity index (χ1v) is 7.45. The largest absolute Gasteiger partial charge is 0.280 e. The monoisotopic (exact) mass is 341 g/mol. The molecule has 0 bridgehead atoms. The van der Waals surface area contributed by atoms with Gasteiger partial charge in [0.2, 0.25) is 0 Å². The number of benzene rings is 2. The minimum absolute atomic E-state index is 0.000779. The summed E-state index contributed by atoms with van der Waals surface area (Å²) in [6.45, 7) is 1.74. The summed E-state index contributed by atoms with van der Waals surface area (Å²) in [4.78, 5) is 22.8. The number of anilines is 1. The molecule has 0 aliphatic carbocycles. The van der Waals surface area contributed by atoms with Gasteiger partial charge in [0, 0.05) is 17.2 Å². The number of hydrazone groups is 1. The number of nitro groups is 1. The number of carbonyl (C=O) groups excluding carboxylic acids is 1. The van der Waals surface area contributed by atoms with Gasteiger partial charge in [-0.2, -0.15) is 10.1 Å². The number of nitrogens with zero attached hydrogens (tertiary/aromatic N) is 3. The van der Waals surface area contributed by atoms with Crippen LogP contribution in [-0.2, 0) is 4.79 Å². The van der Waals surface area contributed by atoms with Crippen molar-refractivity contribution in [3.63, 3.8) is 0 Å². The molecule has 120 valence electrons. The van der Waals surface area contributed by atoms with Gasteiger partial charge in [0.15, 0.2) is 0 Å². The van der Waals surface area contributed by atoms with Crippen molar-refractivity contribution in [1.29, 1.82) is 0 Å². The topological polar surface area (TPSA) is 75.8 Å². The molecule has 1 amide bonds. The molecule has 1 aliphatic rings. The lowest BCUT2D eigenvalue weighted by Gasteiger charge is -2.11. The molecule has 2 aromatic carbocycles. The van der Waals surface area contributed by atoms with E-state index >= 15 is 0 Å². The number of amides is 1. The molecular weight excluding hydrogens is 330 g/mol. The summed E-state index contributed by atoms with van der Waals surface area (Å²) < 4.78 is 0. The Hall–Kier alpha value is -2.99. The number of halogens is 1. The highest BCUT2D eigenvalue weighted by Crippen LogP contribution is 2.27. The standard InChI is InChI=1S/C17H12ClN3O3/c1-11-16(9-12-5-7-14(8-6-12)21(23)24)17(22)20(19-11)15-4-2-3-13(18)10-15/h2-10H,1H3/b16-9-. The Morgan fingerprint density at radius 3 is 2.54 bits per heavy atom. The maximum Gasteiger partial charge on any atom is 0.280 e. The third-order valence-electron chi connectivity index (χ3n) is 3.53. The zero-order chi connectivity index (χ0) is 17.3. The van der Waals surface area contributed by atoms with E-state index in [1.165, 1.54) is 17.1 Å². The highest BCUT2D eigenvalue weighted by Gasteiger charge is 2.28. The fraction of sp³-hybridized carbons (Fsp3) is 0.0588. The zero-order valence-electron chi connectivity index (χ0n) is 12.6. The summed E-state index contributed by atoms with van der Waals surface area (Å²) in [5, 5.41) is 16.8. The molecule has 0 atom stereocenters. The van der Waals surface area contributed by atoms with E-state index in [2.05, 4.69) is 5.10 Å². The van der Waals surface area contributed by atoms with Gasteiger partial charge in [0.25, 0.3) is 11.6 Å². The molecule has 2 aromatic rings. The number of nitro benzene ring substituents is 1. The average molecular weight is 342 g/mol. The van der Waals surface area contributed by atoms with Crippen molar-refractivity contribution in [2.45, 2.75) is 6.92 Å². The minimum atomic E-state index is -0.467. The van der Waals surface area contributed by atoms with Crippen LogP contribution >= 0.6 is 11.6 Å². The number of non-ortho nitro benzene ring substituents is 1. The number of hydrogen-bond acceptors (Lipinski definition) is 4. The first-order chi connectivity index (χ1) is 11.5. The van der Waals surface area contributed by atoms with Crippen molar-refractivity contribution in [3.05, 3.63) is 74.8 Å². The lowest BCUT2D eigenvalue weighted by molar-refractivity contribution is -0.384. The molecule has 0 aromatic heterocycles. The Kier molecular flexibility index (Phi) is 4.14. The lowest BCUT2D eigenvalue weighted by atomic mass is 10.1. The van der Waals surface area contributed by atoms with Crippen LogP contribution in [0.1, 0.15) is 12.5 Å². The van der Waals surface area contributed by atoms with Gasteiger partial charge in [0.05, 0.1) is 21.9 Å². The van der Waals surface area contributed by atoms with Gasteiger partial charge in [-0.15, -0.1) is 0 Å². The van der Waals surface area contributed by atoms with Crippen LogP contribution in [0.3, 0.4) is 0 Å². The van der Waals surface area contributed by atoms with Crippen LogP contribution in [0.4, 0.5) is 11.4 Å². The summed E-state index contributed by atoms with van der Waals surface area (Å²) in [5.74, 6) is -0.270. The first kappa shape index (κ1) is 15.9. The molecule has 0 fully saturated rings. The van der Waals surface area contributed by atoms with E-state index in [9.17, 15) is 14.9 Å². The quantitative estimate of drug-likeness (QED) is 0.480. The molecule has 0 saturated heterocycles. The maximum absolute atomic E-state index is 12.6. The molecule has 6 nitrogen and oxygen atoms in total. The predicted octanol–water partition coefficient (Wildman–Crippen LogP) is 4.05. The van der Waals surface area contributed by atoms with E-state index in [4.69, 9.17) is 11.6 Å². The fourth-order valence-electron chi connectivity index (χ4n) is 2.33. The number of rotatable bonds is 3. The van der Waals surface area contributed by atoms with Gasteiger partial charge in [-0.05, 0) is 48.9 Å². The number of carbonyl (C=O) groups is 1. The Bertz CT molecular complexity index is 888. The first-order valence-electron chi connectivity index (χ1n) is 7.07. The van der Waals surface area contributed by atoms with Crippen molar-refractivity contribution in [2.24, 2.45) is 5.10 Å². The van der Waals surface area contributed by atoms with E-state index in [1.54, 1.807) is 49.4 Å². The normalized spacial score (nSPS) is 15.8. The van der Waals surface area contributed by atoms with Gasteiger partial charge in [0.1, 0.15) is 0 Å². The molecular formula is C17H12ClN3O3. The van der Waals surface area contributed by atoms with Crippen molar-refractivity contribution < 1.29 is 9.72 Å². The van der Waals surface area contributed by atoms with Gasteiger partial charge in [-0.1, -0.05) is 17.7 Å². The van der Waals surface area contributed by atoms with Crippen LogP contribution in [0.15, 0.2) is 59.2 Å². The van der Waals surface area contributed by atoms with Crippen LogP contribution in [0, 0.1) is 10.1 Å². The molecule has 0 N–H and O–H groups in total. The summed E-state index contributed by atoms with van der Waals surface area (Å²) in [5.41, 5.74) is 2.27. The number of hydrogen-bond donors (Lipinski definition) is 0. The smallest absolute Gasteiger partial charge is 0.267 e. The van der Waals surface area contributed by atoms with Crippen LogP contribution in [0.2, 0.25) is 5.02 Å². The minimum Gasteiger partial charge on any atom is -0.267 e. The molecule has 24 heavy (non-hydrogen) atoms. The Balaban J connectivity index is 1.91. The Morgan fingerprint density at radius 1 is 1.21 bits per heavy atom. The van der Waals surface area contributed by atoms with E-state index in [-0.39, 0.29) is 11.6 Å². The van der Waals surface area contributed by atoms with Crippen molar-refractivity contribution in [1.82, 2.24) is 0 Å². The third-order valence-corrected chi connectivity index (χ3v) is 3.77. The molecule has 7 heteroatoms. The molecule has 0 saturated carbocycles. The van der Waals surface area contributed by atoms with Crippen molar-refractivity contribution in [2.75, 3.05) is 5.01 Å². The van der Waals surface area contributed by atoms with Gasteiger partial charge < -0.3 is 0 Å². The van der Waals surface area contributed by atoms with Gasteiger partial charge >= 0.3 is 0 Å². The van der Waals surface area contributed by atoms with Crippen LogP contribution in [0.5, 0.6) is 0 Å². The van der Waals surface area contributed by atoms with Crippen molar-refractivity contribution >= 4 is 40.7 Å². The maximum atomic E-state index is 12.6. The third kappa shape index (κ3) is 3.04. The summed E-state index contributed by atoms with van der Waals surface area (Å²) in [6.07, 6.45) is 1.66. The second-order valence-electron chi connectivity index (χ2n) is 5.19. The van der Waals surface area contributed by atoms with Crippen LogP contribution < -0.4 is 5.01 Å². The van der Waals surface area contributed by atoms with E-state index in [1.807, 2.05) is 0 Å². The molecule has 0 radical (unpaired) electrons. The van der Waals surface area contributed by atoms with Crippen LogP contribution in [0.25, 0.3) is 6.08 Å². The summed E-state index contributed by atoms with van der Waals surface area (Å²) in [7, 11) is 0. The predicted molar refractivity (Wildman–Crippen MR) is 93.1 cm³/mol. The van der Waals surface area contributed by atoms with E-state index in [0.717, 1.165) is 0 Å². The molecule has 1 aliphatic heterocycles. The molecule has 1 heterocycles. The van der Waals surface area contributed by atoms with Gasteiger partial charge in [-0.3, -0.25) is 14.9 Å². The van der Waals surface area contributed by atoms with E-state index < -0.39 is 4.92 Å². The van der Waals surface area contributed by atoms with Crippen molar-refractivity contribution in [3.8, 4) is 0 Å². The Morgan fingerprint density at radius 2 is 1.92 bits per heavy atom. The van der Waals surface area contributed by atoms with Crippen LogP contribution in [-0.4, -0.2) is 16.5 Å². The highest BCUT2D eigenvalue weighted by molar-refractivity contribution is 6.33. The highest BCUT2D eigenvalue weighted by atomic mass is 35.5. The average Bonchev–Trinajstić information content (AvgIpc) is 2.83. The second-order valence-corrected chi connectivity index (χ2v) is 5.63. The summed E-state index contributed by atoms with van der Waals surface area (Å²) >= 11 is 5.96. The lowest BCUT2D eigenvalue weighted by Crippen LogP contribution is -2.21. The van der Waals surface area contributed by atoms with E-state index in [0.29, 0.717) is 27.6 Å². The summed E-state index contributed by atoms with van der Waals surface area (Å²) in [6, 6.07) is 12.8. The fourth-order valence-corrected chi connectivity index (χ4v) is 2.51. The molecule has 0 spiro atoms. The SMILES string of the molecule is CC1=NN(c2cccc(Cl)c2)C(=O)/C1=C\c1ccc([N+](=O)[O-])cc1. The van der Waals surface area contributed by atoms with Gasteiger partial charge in [-0.25, -0.2) is 0 Å². The second kappa shape index (κ2) is 6.25. The molecule has 0 unspecified atom stereocenters. The molecule has 3 rings (SSSR count). The zero-order valence-corrected chi connectivity index (χ0v) is 13.4.